The Kier molecular flexibility index (Phi) is 3.37. The summed E-state index contributed by atoms with van der Waals surface area (Å²) in [4.78, 5) is 5.80. The molecular formula is C22H31N3. The van der Waals surface area contributed by atoms with E-state index in [4.69, 9.17) is 0 Å². The van der Waals surface area contributed by atoms with E-state index in [1.54, 1.807) is 0 Å². The second-order valence-electron chi connectivity index (χ2n) is 9.60. The van der Waals surface area contributed by atoms with Crippen molar-refractivity contribution in [3.63, 3.8) is 0 Å². The van der Waals surface area contributed by atoms with Crippen molar-refractivity contribution >= 4 is 0 Å². The van der Waals surface area contributed by atoms with Gasteiger partial charge in [-0.05, 0) is 67.5 Å². The highest BCUT2D eigenvalue weighted by atomic mass is 15.3. The Bertz CT molecular complexity index is 642. The standard InChI is InChI=1S/C22H31N3/c1-2-4-16(5-3-1)11-24-14-20-18-6-7-22(21(20)15-24)19-8-17(9-23-10-19)12-25(22)13-18/h1-5,17-21,23H,6-15H2/t17-,18+,19+,20+,21+,22-/m0/s1. The average molecular weight is 338 g/mol. The minimum Gasteiger partial charge on any atom is -0.316 e. The van der Waals surface area contributed by atoms with Gasteiger partial charge in [-0.3, -0.25) is 9.80 Å². The van der Waals surface area contributed by atoms with Crippen molar-refractivity contribution < 1.29 is 0 Å². The Morgan fingerprint density at radius 1 is 1.04 bits per heavy atom. The molecule has 0 unspecified atom stereocenters. The van der Waals surface area contributed by atoms with Crippen LogP contribution in [-0.4, -0.2) is 54.6 Å². The van der Waals surface area contributed by atoms with E-state index in [0.717, 1.165) is 36.1 Å². The van der Waals surface area contributed by atoms with Gasteiger partial charge < -0.3 is 5.32 Å². The lowest BCUT2D eigenvalue weighted by atomic mass is 9.52. The number of piperidine rings is 4. The van der Waals surface area contributed by atoms with Crippen LogP contribution in [0.3, 0.4) is 0 Å². The molecule has 0 radical (unpaired) electrons. The molecule has 6 fully saturated rings. The molecule has 6 atom stereocenters. The molecule has 1 N–H and O–H groups in total. The van der Waals surface area contributed by atoms with Gasteiger partial charge in [0.15, 0.2) is 0 Å². The molecule has 5 heterocycles. The van der Waals surface area contributed by atoms with Crippen LogP contribution in [0, 0.1) is 29.6 Å². The Labute approximate surface area is 151 Å². The minimum atomic E-state index is 0.536. The third-order valence-corrected chi connectivity index (χ3v) is 8.52. The van der Waals surface area contributed by atoms with Crippen molar-refractivity contribution in [1.29, 1.82) is 0 Å². The zero-order chi connectivity index (χ0) is 16.4. The summed E-state index contributed by atoms with van der Waals surface area (Å²) in [6.45, 7) is 9.18. The Balaban J connectivity index is 1.30. The van der Waals surface area contributed by atoms with Gasteiger partial charge in [-0.2, -0.15) is 0 Å². The van der Waals surface area contributed by atoms with Crippen molar-refractivity contribution in [2.45, 2.75) is 31.3 Å². The van der Waals surface area contributed by atoms with Crippen LogP contribution in [0.15, 0.2) is 30.3 Å². The van der Waals surface area contributed by atoms with Crippen LogP contribution in [0.25, 0.3) is 0 Å². The normalized spacial score (nSPS) is 46.0. The second-order valence-corrected chi connectivity index (χ2v) is 9.60. The second kappa shape index (κ2) is 5.55. The summed E-state index contributed by atoms with van der Waals surface area (Å²) in [5, 5.41) is 3.79. The summed E-state index contributed by atoms with van der Waals surface area (Å²) in [6.07, 6.45) is 4.48. The van der Waals surface area contributed by atoms with E-state index in [1.807, 2.05) is 0 Å². The molecule has 0 aromatic heterocycles. The molecule has 134 valence electrons. The third kappa shape index (κ3) is 2.15. The van der Waals surface area contributed by atoms with Crippen molar-refractivity contribution in [2.24, 2.45) is 29.6 Å². The van der Waals surface area contributed by atoms with Gasteiger partial charge in [0.2, 0.25) is 0 Å². The first-order valence-corrected chi connectivity index (χ1v) is 10.5. The first kappa shape index (κ1) is 15.2. The summed E-state index contributed by atoms with van der Waals surface area (Å²) in [6, 6.07) is 11.1. The molecule has 1 aliphatic carbocycles. The fourth-order valence-corrected chi connectivity index (χ4v) is 7.65. The SMILES string of the molecule is c1ccc(CN2C[C@@H]3[C@@H]4CC[C@]5([C@H]6CNC[C@H](C6)CN5C4)[C@@H]3C2)cc1. The van der Waals surface area contributed by atoms with Crippen LogP contribution < -0.4 is 5.32 Å². The quantitative estimate of drug-likeness (QED) is 0.894. The van der Waals surface area contributed by atoms with Crippen LogP contribution >= 0.6 is 0 Å². The highest BCUT2D eigenvalue weighted by molar-refractivity contribution is 5.20. The van der Waals surface area contributed by atoms with Gasteiger partial charge in [0.25, 0.3) is 0 Å². The Hall–Kier alpha value is -0.900. The smallest absolute Gasteiger partial charge is 0.0293 e. The maximum atomic E-state index is 3.79. The van der Waals surface area contributed by atoms with Gasteiger partial charge in [-0.15, -0.1) is 0 Å². The van der Waals surface area contributed by atoms with Crippen molar-refractivity contribution in [3.05, 3.63) is 35.9 Å². The number of fused-ring (bicyclic) bond motifs is 3. The van der Waals surface area contributed by atoms with Crippen molar-refractivity contribution in [3.8, 4) is 0 Å². The predicted octanol–water partition coefficient (Wildman–Crippen LogP) is 2.44. The summed E-state index contributed by atoms with van der Waals surface area (Å²) in [5.74, 6) is 4.69. The minimum absolute atomic E-state index is 0.536. The lowest BCUT2D eigenvalue weighted by molar-refractivity contribution is -0.169. The van der Waals surface area contributed by atoms with Gasteiger partial charge in [-0.25, -0.2) is 0 Å². The molecule has 4 bridgehead atoms. The average Bonchev–Trinajstić information content (AvgIpc) is 3.08. The van der Waals surface area contributed by atoms with Gasteiger partial charge in [0.05, 0.1) is 0 Å². The molecule has 1 aromatic carbocycles. The molecular weight excluding hydrogens is 306 g/mol. The zero-order valence-corrected chi connectivity index (χ0v) is 15.2. The fraction of sp³-hybridized carbons (Fsp3) is 0.727. The van der Waals surface area contributed by atoms with E-state index in [-0.39, 0.29) is 0 Å². The van der Waals surface area contributed by atoms with Gasteiger partial charge in [-0.1, -0.05) is 30.3 Å². The van der Waals surface area contributed by atoms with Crippen molar-refractivity contribution in [2.75, 3.05) is 39.3 Å². The molecule has 0 amide bonds. The zero-order valence-electron chi connectivity index (χ0n) is 15.2. The molecule has 3 nitrogen and oxygen atoms in total. The summed E-state index contributed by atoms with van der Waals surface area (Å²) in [7, 11) is 0. The number of likely N-dealkylation sites (tertiary alicyclic amines) is 1. The predicted molar refractivity (Wildman–Crippen MR) is 100 cm³/mol. The topological polar surface area (TPSA) is 18.5 Å². The van der Waals surface area contributed by atoms with Crippen LogP contribution in [-0.2, 0) is 6.54 Å². The summed E-state index contributed by atoms with van der Waals surface area (Å²) >= 11 is 0. The number of hydrogen-bond acceptors (Lipinski definition) is 3. The van der Waals surface area contributed by atoms with Crippen molar-refractivity contribution in [1.82, 2.24) is 15.1 Å². The lowest BCUT2D eigenvalue weighted by Crippen LogP contribution is -2.74. The monoisotopic (exact) mass is 337 g/mol. The first-order valence-electron chi connectivity index (χ1n) is 10.5. The van der Waals surface area contributed by atoms with Gasteiger partial charge in [0.1, 0.15) is 0 Å². The maximum absolute atomic E-state index is 3.79. The summed E-state index contributed by atoms with van der Waals surface area (Å²) in [5.41, 5.74) is 2.03. The molecule has 3 heteroatoms. The van der Waals surface area contributed by atoms with E-state index in [9.17, 15) is 0 Å². The highest BCUT2D eigenvalue weighted by Gasteiger charge is 2.64. The van der Waals surface area contributed by atoms with Gasteiger partial charge in [0, 0.05) is 38.3 Å². The number of rotatable bonds is 2. The van der Waals surface area contributed by atoms with E-state index in [1.165, 1.54) is 64.1 Å². The molecule has 5 saturated heterocycles. The molecule has 25 heavy (non-hydrogen) atoms. The number of benzene rings is 1. The van der Waals surface area contributed by atoms with Crippen LogP contribution in [0.4, 0.5) is 0 Å². The number of nitrogens with zero attached hydrogens (tertiary/aromatic N) is 2. The van der Waals surface area contributed by atoms with E-state index in [2.05, 4.69) is 45.4 Å². The lowest BCUT2D eigenvalue weighted by Gasteiger charge is -2.67. The number of hydrogen-bond donors (Lipinski definition) is 1. The molecule has 1 saturated carbocycles. The van der Waals surface area contributed by atoms with E-state index < -0.39 is 0 Å². The molecule has 5 aliphatic heterocycles. The molecule has 7 rings (SSSR count). The molecule has 1 spiro atoms. The number of nitrogens with one attached hydrogen (secondary N) is 1. The van der Waals surface area contributed by atoms with Crippen LogP contribution in [0.1, 0.15) is 24.8 Å². The molecule has 6 aliphatic rings. The van der Waals surface area contributed by atoms with Crippen LogP contribution in [0.2, 0.25) is 0 Å². The Morgan fingerprint density at radius 3 is 2.88 bits per heavy atom. The third-order valence-electron chi connectivity index (χ3n) is 8.52. The maximum Gasteiger partial charge on any atom is 0.0293 e. The first-order chi connectivity index (χ1) is 12.3. The van der Waals surface area contributed by atoms with E-state index in [0.29, 0.717) is 5.54 Å². The van der Waals surface area contributed by atoms with E-state index >= 15 is 0 Å². The summed E-state index contributed by atoms with van der Waals surface area (Å²) < 4.78 is 0. The highest BCUT2D eigenvalue weighted by Crippen LogP contribution is 2.59. The Morgan fingerprint density at radius 2 is 1.96 bits per heavy atom. The largest absolute Gasteiger partial charge is 0.316 e. The molecule has 1 aromatic rings. The van der Waals surface area contributed by atoms with Crippen LogP contribution in [0.5, 0.6) is 0 Å². The van der Waals surface area contributed by atoms with Gasteiger partial charge >= 0.3 is 0 Å². The fourth-order valence-electron chi connectivity index (χ4n) is 7.65.